The van der Waals surface area contributed by atoms with Crippen molar-refractivity contribution in [1.82, 2.24) is 0 Å². The van der Waals surface area contributed by atoms with Crippen molar-refractivity contribution in [2.75, 3.05) is 18.8 Å². The van der Waals surface area contributed by atoms with E-state index in [1.54, 1.807) is 0 Å². The fourth-order valence-corrected chi connectivity index (χ4v) is 0. The van der Waals surface area contributed by atoms with Crippen LogP contribution < -0.4 is 0 Å². The van der Waals surface area contributed by atoms with E-state index in [0.29, 0.717) is 18.8 Å². The average molecular weight is 609 g/mol. The van der Waals surface area contributed by atoms with Gasteiger partial charge in [0.1, 0.15) is 0 Å². The molecule has 0 heterocycles. The van der Waals surface area contributed by atoms with Gasteiger partial charge in [0.15, 0.2) is 0 Å². The average Bonchev–Trinajstić information content (AvgIpc) is 1.41. The van der Waals surface area contributed by atoms with Crippen molar-refractivity contribution in [1.29, 1.82) is 0 Å². The normalized spacial score (nSPS) is 9.67. The molecule has 0 N–H and O–H groups in total. The molecule has 0 aromatic rings. The Morgan fingerprint density at radius 3 is 0.500 bits per heavy atom. The summed E-state index contributed by atoms with van der Waals surface area (Å²) in [5, 5.41) is 0. The van der Waals surface area contributed by atoms with E-state index in [0.717, 1.165) is 0 Å². The first-order valence-electron chi connectivity index (χ1n) is 2.72. The minimum atomic E-state index is -3.92. The van der Waals surface area contributed by atoms with E-state index < -0.39 is 30.4 Å². The predicted molar refractivity (Wildman–Crippen MR) is 46.9 cm³/mol. The second-order valence-electron chi connectivity index (χ2n) is 2.11. The molecule has 126 valence electrons. The van der Waals surface area contributed by atoms with Gasteiger partial charge in [-0.2, -0.15) is 0 Å². The monoisotopic (exact) mass is 606 g/mol. The Balaban J connectivity index is -0.0000000277. The number of hydrogen-bond acceptors (Lipinski definition) is 9. The molecule has 0 radical (unpaired) electrons. The van der Waals surface area contributed by atoms with Crippen molar-refractivity contribution >= 4 is 30.4 Å². The molecule has 0 saturated carbocycles. The predicted octanol–water partition coefficient (Wildman–Crippen LogP) is -2.52. The standard InChI is InChI=1S/3CH4O3S.3Ag/c3*1-5(2,3)4;;;/h3*1H3,(H,2,3,4);;;/q;;;3*+1/p-3. The van der Waals surface area contributed by atoms with E-state index in [9.17, 15) is 0 Å². The minimum Gasteiger partial charge on any atom is -0.748 e. The topological polar surface area (TPSA) is 172 Å². The van der Waals surface area contributed by atoms with Crippen LogP contribution >= 0.6 is 0 Å². The molecule has 0 atom stereocenters. The summed E-state index contributed by atoms with van der Waals surface area (Å²) in [5.41, 5.74) is 0. The first kappa shape index (κ1) is 36.8. The van der Waals surface area contributed by atoms with Gasteiger partial charge in [0.25, 0.3) is 0 Å². The summed E-state index contributed by atoms with van der Waals surface area (Å²) < 4.78 is 81.7. The molecular formula is C3H9Ag3O9S3. The maximum atomic E-state index is 9.08. The fourth-order valence-electron chi connectivity index (χ4n) is 0. The first-order valence-corrected chi connectivity index (χ1v) is 8.17. The van der Waals surface area contributed by atoms with Crippen LogP contribution in [0, 0.1) is 0 Å². The summed E-state index contributed by atoms with van der Waals surface area (Å²) in [5.74, 6) is 0. The van der Waals surface area contributed by atoms with Crippen LogP contribution in [-0.4, -0.2) is 57.7 Å². The molecule has 0 bridgehead atoms. The molecule has 0 aliphatic rings. The zero-order valence-corrected chi connectivity index (χ0v) is 15.7. The molecular weight excluding hydrogens is 600 g/mol. The van der Waals surface area contributed by atoms with Gasteiger partial charge in [0, 0.05) is 18.8 Å². The molecule has 9 nitrogen and oxygen atoms in total. The van der Waals surface area contributed by atoms with E-state index in [2.05, 4.69) is 0 Å². The van der Waals surface area contributed by atoms with Crippen LogP contribution in [0.25, 0.3) is 0 Å². The number of hydrogen-bond donors (Lipinski definition) is 0. The van der Waals surface area contributed by atoms with Crippen molar-refractivity contribution in [3.8, 4) is 0 Å². The third-order valence-electron chi connectivity index (χ3n) is 0. The summed E-state index contributed by atoms with van der Waals surface area (Å²) in [7, 11) is -11.8. The molecule has 0 aromatic carbocycles. The quantitative estimate of drug-likeness (QED) is 0.212. The summed E-state index contributed by atoms with van der Waals surface area (Å²) in [6, 6.07) is 0. The molecule has 0 aliphatic heterocycles. The molecule has 18 heavy (non-hydrogen) atoms. The maximum Gasteiger partial charge on any atom is 1.00 e. The molecule has 0 saturated heterocycles. The van der Waals surface area contributed by atoms with Crippen molar-refractivity contribution in [3.05, 3.63) is 0 Å². The van der Waals surface area contributed by atoms with Crippen LogP contribution in [0.4, 0.5) is 0 Å². The number of rotatable bonds is 0. The second-order valence-corrected chi connectivity index (χ2v) is 6.34. The van der Waals surface area contributed by atoms with Gasteiger partial charge in [-0.15, -0.1) is 0 Å². The third kappa shape index (κ3) is 1360. The summed E-state index contributed by atoms with van der Waals surface area (Å²) >= 11 is 0. The molecule has 0 aliphatic carbocycles. The molecule has 0 unspecified atom stereocenters. The van der Waals surface area contributed by atoms with Crippen LogP contribution in [0.3, 0.4) is 0 Å². The van der Waals surface area contributed by atoms with Crippen molar-refractivity contribution in [3.63, 3.8) is 0 Å². The zero-order chi connectivity index (χ0) is 13.5. The van der Waals surface area contributed by atoms with E-state index in [4.69, 9.17) is 38.9 Å². The first-order chi connectivity index (χ1) is 6.00. The summed E-state index contributed by atoms with van der Waals surface area (Å²) in [6.45, 7) is 0. The van der Waals surface area contributed by atoms with Crippen molar-refractivity contribution < 1.29 is 106 Å². The molecule has 0 rings (SSSR count). The third-order valence-corrected chi connectivity index (χ3v) is 0. The van der Waals surface area contributed by atoms with Gasteiger partial charge >= 0.3 is 67.1 Å². The molecule has 0 aromatic heterocycles. The Morgan fingerprint density at radius 1 is 0.500 bits per heavy atom. The van der Waals surface area contributed by atoms with E-state index in [1.165, 1.54) is 0 Å². The van der Waals surface area contributed by atoms with E-state index >= 15 is 0 Å². The minimum absolute atomic E-state index is 0. The van der Waals surface area contributed by atoms with Crippen LogP contribution in [0.1, 0.15) is 0 Å². The maximum absolute atomic E-state index is 9.08. The van der Waals surface area contributed by atoms with Crippen LogP contribution in [0.15, 0.2) is 0 Å². The molecule has 0 fully saturated rings. The molecule has 15 heteroatoms. The Labute approximate surface area is 153 Å². The van der Waals surface area contributed by atoms with Crippen LogP contribution in [-0.2, 0) is 97.5 Å². The Hall–Kier alpha value is 1.95. The SMILES string of the molecule is CS(=O)(=O)[O-].CS(=O)(=O)[O-].CS(=O)(=O)[O-].[Ag+].[Ag+].[Ag+]. The van der Waals surface area contributed by atoms with Gasteiger partial charge in [-0.3, -0.25) is 0 Å². The summed E-state index contributed by atoms with van der Waals surface area (Å²) in [6.07, 6.45) is 1.81. The van der Waals surface area contributed by atoms with Crippen molar-refractivity contribution in [2.24, 2.45) is 0 Å². The molecule has 0 spiro atoms. The van der Waals surface area contributed by atoms with Gasteiger partial charge in [-0.05, 0) is 0 Å². The van der Waals surface area contributed by atoms with Crippen LogP contribution in [0.5, 0.6) is 0 Å². The summed E-state index contributed by atoms with van der Waals surface area (Å²) in [4.78, 5) is 0. The zero-order valence-electron chi connectivity index (χ0n) is 8.80. The Morgan fingerprint density at radius 2 is 0.500 bits per heavy atom. The van der Waals surface area contributed by atoms with E-state index in [1.807, 2.05) is 0 Å². The Kier molecular flexibility index (Phi) is 31.4. The van der Waals surface area contributed by atoms with E-state index in [-0.39, 0.29) is 67.1 Å². The Bertz CT molecular complexity index is 353. The van der Waals surface area contributed by atoms with Crippen molar-refractivity contribution in [2.45, 2.75) is 0 Å². The molecule has 0 amide bonds. The van der Waals surface area contributed by atoms with Gasteiger partial charge in [0.05, 0.1) is 30.4 Å². The van der Waals surface area contributed by atoms with Gasteiger partial charge in [-0.1, -0.05) is 0 Å². The van der Waals surface area contributed by atoms with Crippen LogP contribution in [0.2, 0.25) is 0 Å². The van der Waals surface area contributed by atoms with Gasteiger partial charge < -0.3 is 13.7 Å². The fraction of sp³-hybridized carbons (Fsp3) is 1.00. The van der Waals surface area contributed by atoms with Gasteiger partial charge in [0.2, 0.25) is 0 Å². The largest absolute Gasteiger partial charge is 1.00 e. The second kappa shape index (κ2) is 15.3. The van der Waals surface area contributed by atoms with Gasteiger partial charge in [-0.25, -0.2) is 25.3 Å². The smallest absolute Gasteiger partial charge is 0.748 e.